The van der Waals surface area contributed by atoms with Crippen molar-refractivity contribution in [3.63, 3.8) is 0 Å². The van der Waals surface area contributed by atoms with Gasteiger partial charge in [0, 0.05) is 25.7 Å². The smallest absolute Gasteiger partial charge is 0.411 e. The average Bonchev–Trinajstić information content (AvgIpc) is 3.04. The number of halogens is 1. The fourth-order valence-electron chi connectivity index (χ4n) is 5.27. The number of carbonyl (C=O) groups excluding carboxylic acids is 2. The average molecular weight is 451 g/mol. The number of rotatable bonds is 4. The predicted octanol–water partition coefficient (Wildman–Crippen LogP) is 3.43. The van der Waals surface area contributed by atoms with Gasteiger partial charge in [-0.15, -0.1) is 0 Å². The van der Waals surface area contributed by atoms with Gasteiger partial charge in [0.05, 0.1) is 35.0 Å². The van der Waals surface area contributed by atoms with Gasteiger partial charge in [0.25, 0.3) is 0 Å². The second-order valence-corrected chi connectivity index (χ2v) is 9.30. The number of nitrogens with zero attached hydrogens (tertiary/aromatic N) is 3. The first-order chi connectivity index (χ1) is 14.9. The zero-order valence-corrected chi connectivity index (χ0v) is 18.7. The molecule has 1 saturated carbocycles. The maximum absolute atomic E-state index is 13.5. The zero-order chi connectivity index (χ0) is 22.0. The molecule has 1 aromatic heterocycles. The van der Waals surface area contributed by atoms with E-state index in [1.807, 2.05) is 0 Å². The van der Waals surface area contributed by atoms with Crippen molar-refractivity contribution in [3.05, 3.63) is 17.3 Å². The van der Waals surface area contributed by atoms with E-state index in [1.165, 1.54) is 0 Å². The molecule has 0 aromatic carbocycles. The van der Waals surface area contributed by atoms with Gasteiger partial charge in [-0.25, -0.2) is 9.78 Å². The zero-order valence-electron chi connectivity index (χ0n) is 18.0. The number of anilines is 2. The summed E-state index contributed by atoms with van der Waals surface area (Å²) >= 11 is 6.50. The van der Waals surface area contributed by atoms with E-state index in [-0.39, 0.29) is 30.1 Å². The molecule has 1 spiro atoms. The first-order valence-corrected chi connectivity index (χ1v) is 11.6. The Kier molecular flexibility index (Phi) is 6.57. The van der Waals surface area contributed by atoms with Crippen LogP contribution in [-0.4, -0.2) is 65.4 Å². The molecule has 1 aromatic rings. The van der Waals surface area contributed by atoms with Gasteiger partial charge in [0.15, 0.2) is 0 Å². The van der Waals surface area contributed by atoms with Crippen LogP contribution in [0.4, 0.5) is 16.3 Å². The lowest BCUT2D eigenvalue weighted by Gasteiger charge is -2.41. The third-order valence-corrected chi connectivity index (χ3v) is 7.15. The third-order valence-electron chi connectivity index (χ3n) is 6.87. The standard InChI is InChI=1S/C22H31ClN4O4/c1-2-31-21(30)25-15-12-18(23)19(24-13-15)26-10-3-8-22(14-26)9-11-27(20(22)29)16-4-6-17(28)7-5-16/h12-13,16-17,28H,2-11,14H2,1H3,(H,25,30)/t16-,17-,22-/m0/s1. The Labute approximate surface area is 187 Å². The van der Waals surface area contributed by atoms with Crippen LogP contribution in [0.2, 0.25) is 5.02 Å². The topological polar surface area (TPSA) is 95.0 Å². The molecule has 0 unspecified atom stereocenters. The summed E-state index contributed by atoms with van der Waals surface area (Å²) in [5, 5.41) is 12.8. The molecule has 0 radical (unpaired) electrons. The highest BCUT2D eigenvalue weighted by Gasteiger charge is 2.51. The van der Waals surface area contributed by atoms with Crippen molar-refractivity contribution in [3.8, 4) is 0 Å². The monoisotopic (exact) mass is 450 g/mol. The number of hydrogen-bond donors (Lipinski definition) is 2. The molecule has 1 aliphatic carbocycles. The molecule has 9 heteroatoms. The summed E-state index contributed by atoms with van der Waals surface area (Å²) in [6.07, 6.45) is 6.76. The normalized spacial score (nSPS) is 28.8. The Hall–Kier alpha value is -2.06. The number of carbonyl (C=O) groups is 2. The highest BCUT2D eigenvalue weighted by molar-refractivity contribution is 6.33. The van der Waals surface area contributed by atoms with Crippen LogP contribution in [0.25, 0.3) is 0 Å². The van der Waals surface area contributed by atoms with Gasteiger partial charge in [-0.1, -0.05) is 11.6 Å². The SMILES string of the molecule is CCOC(=O)Nc1cnc(N2CCC[C@]3(CCN([C@H]4CC[C@H](O)CC4)C3=O)C2)c(Cl)c1. The lowest BCUT2D eigenvalue weighted by Crippen LogP contribution is -2.50. The molecule has 2 N–H and O–H groups in total. The minimum atomic E-state index is -0.545. The number of hydrogen-bond acceptors (Lipinski definition) is 6. The van der Waals surface area contributed by atoms with E-state index in [0.29, 0.717) is 23.1 Å². The molecule has 8 nitrogen and oxygen atoms in total. The number of likely N-dealkylation sites (tertiary alicyclic amines) is 1. The minimum absolute atomic E-state index is 0.220. The van der Waals surface area contributed by atoms with Crippen molar-refractivity contribution in [2.24, 2.45) is 5.41 Å². The van der Waals surface area contributed by atoms with E-state index in [2.05, 4.69) is 20.1 Å². The number of ether oxygens (including phenoxy) is 1. The van der Waals surface area contributed by atoms with Crippen LogP contribution in [0.1, 0.15) is 51.9 Å². The van der Waals surface area contributed by atoms with Crippen LogP contribution < -0.4 is 10.2 Å². The molecular formula is C22H31ClN4O4. The van der Waals surface area contributed by atoms with Gasteiger partial charge in [-0.2, -0.15) is 0 Å². The minimum Gasteiger partial charge on any atom is -0.450 e. The van der Waals surface area contributed by atoms with Crippen LogP contribution >= 0.6 is 11.6 Å². The molecule has 0 bridgehead atoms. The highest BCUT2D eigenvalue weighted by atomic mass is 35.5. The number of aliphatic hydroxyl groups excluding tert-OH is 1. The van der Waals surface area contributed by atoms with Gasteiger partial charge in [0.2, 0.25) is 5.91 Å². The van der Waals surface area contributed by atoms with Crippen molar-refractivity contribution in [1.82, 2.24) is 9.88 Å². The third kappa shape index (κ3) is 4.60. The number of piperidine rings is 1. The number of aliphatic hydroxyl groups is 1. The lowest BCUT2D eigenvalue weighted by molar-refractivity contribution is -0.139. The summed E-state index contributed by atoms with van der Waals surface area (Å²) in [5.74, 6) is 0.887. The van der Waals surface area contributed by atoms with Gasteiger partial charge < -0.3 is 19.6 Å². The fraction of sp³-hybridized carbons (Fsp3) is 0.682. The molecule has 170 valence electrons. The summed E-state index contributed by atoms with van der Waals surface area (Å²) in [7, 11) is 0. The molecule has 1 atom stereocenters. The largest absolute Gasteiger partial charge is 0.450 e. The van der Waals surface area contributed by atoms with Crippen LogP contribution in [-0.2, 0) is 9.53 Å². The summed E-state index contributed by atoms with van der Waals surface area (Å²) in [6.45, 7) is 4.21. The van der Waals surface area contributed by atoms with Crippen LogP contribution in [0.5, 0.6) is 0 Å². The molecule has 2 saturated heterocycles. The van der Waals surface area contributed by atoms with Crippen LogP contribution in [0, 0.1) is 5.41 Å². The maximum atomic E-state index is 13.5. The second-order valence-electron chi connectivity index (χ2n) is 8.89. The molecule has 3 heterocycles. The van der Waals surface area contributed by atoms with Crippen molar-refractivity contribution >= 4 is 35.1 Å². The quantitative estimate of drug-likeness (QED) is 0.729. The fourth-order valence-corrected chi connectivity index (χ4v) is 5.56. The molecule has 2 aliphatic heterocycles. The summed E-state index contributed by atoms with van der Waals surface area (Å²) < 4.78 is 4.89. The summed E-state index contributed by atoms with van der Waals surface area (Å²) in [5.41, 5.74) is 0.0859. The molecule has 4 rings (SSSR count). The number of pyridine rings is 1. The summed E-state index contributed by atoms with van der Waals surface area (Å²) in [4.78, 5) is 33.8. The van der Waals surface area contributed by atoms with Gasteiger partial charge in [-0.3, -0.25) is 10.1 Å². The van der Waals surface area contributed by atoms with E-state index in [4.69, 9.17) is 16.3 Å². The van der Waals surface area contributed by atoms with Crippen molar-refractivity contribution in [1.29, 1.82) is 0 Å². The predicted molar refractivity (Wildman–Crippen MR) is 118 cm³/mol. The van der Waals surface area contributed by atoms with Crippen molar-refractivity contribution < 1.29 is 19.4 Å². The Morgan fingerprint density at radius 2 is 2.10 bits per heavy atom. The maximum Gasteiger partial charge on any atom is 0.411 e. The van der Waals surface area contributed by atoms with Gasteiger partial charge in [-0.05, 0) is 57.9 Å². The Balaban J connectivity index is 1.45. The van der Waals surface area contributed by atoms with E-state index in [1.54, 1.807) is 19.2 Å². The number of amides is 2. The van der Waals surface area contributed by atoms with E-state index in [0.717, 1.165) is 58.0 Å². The Bertz CT molecular complexity index is 830. The molecule has 2 amide bonds. The van der Waals surface area contributed by atoms with E-state index >= 15 is 0 Å². The van der Waals surface area contributed by atoms with E-state index < -0.39 is 6.09 Å². The van der Waals surface area contributed by atoms with E-state index in [9.17, 15) is 14.7 Å². The Morgan fingerprint density at radius 1 is 1.32 bits per heavy atom. The van der Waals surface area contributed by atoms with Crippen molar-refractivity contribution in [2.45, 2.75) is 64.0 Å². The van der Waals surface area contributed by atoms with Gasteiger partial charge in [0.1, 0.15) is 5.82 Å². The molecule has 31 heavy (non-hydrogen) atoms. The van der Waals surface area contributed by atoms with Crippen LogP contribution in [0.15, 0.2) is 12.3 Å². The highest BCUT2D eigenvalue weighted by Crippen LogP contribution is 2.44. The van der Waals surface area contributed by atoms with Gasteiger partial charge >= 0.3 is 6.09 Å². The molecule has 3 fully saturated rings. The first kappa shape index (κ1) is 22.1. The summed E-state index contributed by atoms with van der Waals surface area (Å²) in [6, 6.07) is 1.92. The van der Waals surface area contributed by atoms with Crippen LogP contribution in [0.3, 0.4) is 0 Å². The number of nitrogens with one attached hydrogen (secondary N) is 1. The molecule has 3 aliphatic rings. The Morgan fingerprint density at radius 3 is 2.81 bits per heavy atom. The molecular weight excluding hydrogens is 420 g/mol. The van der Waals surface area contributed by atoms with Crippen molar-refractivity contribution in [2.75, 3.05) is 36.5 Å². The lowest BCUT2D eigenvalue weighted by atomic mass is 9.78. The first-order valence-electron chi connectivity index (χ1n) is 11.3. The number of aromatic nitrogens is 1. The second kappa shape index (κ2) is 9.20.